The summed E-state index contributed by atoms with van der Waals surface area (Å²) in [5.74, 6) is -3.56. The summed E-state index contributed by atoms with van der Waals surface area (Å²) in [7, 11) is 0. The summed E-state index contributed by atoms with van der Waals surface area (Å²) >= 11 is 13.2. The van der Waals surface area contributed by atoms with E-state index in [9.17, 15) is 29.3 Å². The molecular formula is C24H18Br2ClN3O6. The number of non-ortho nitro benzene ring substituents is 1. The number of hydrogen-bond donors (Lipinski definition) is 0. The third kappa shape index (κ3) is 3.97. The maximum absolute atomic E-state index is 13.6. The number of hydrazine groups is 1. The van der Waals surface area contributed by atoms with Crippen LogP contribution in [0.1, 0.15) is 27.1 Å². The molecule has 2 bridgehead atoms. The SMILES string of the molecule is O=C(CN(C(=O)c1ccc(Cl)cc1)N1C(=O)[C@@H]2[C@H]3C[C@@H]([C@@H](Br)[C@H]3Br)[C@H]2C1=O)c1ccc([N+](=O)[O-])cc1. The van der Waals surface area contributed by atoms with Crippen molar-refractivity contribution in [2.45, 2.75) is 16.1 Å². The number of alkyl halides is 2. The van der Waals surface area contributed by atoms with Gasteiger partial charge in [0.2, 0.25) is 0 Å². The predicted octanol–water partition coefficient (Wildman–Crippen LogP) is 4.27. The summed E-state index contributed by atoms with van der Waals surface area (Å²) in [6, 6.07) is 10.8. The molecule has 36 heavy (non-hydrogen) atoms. The van der Waals surface area contributed by atoms with Crippen LogP contribution in [0, 0.1) is 33.8 Å². The van der Waals surface area contributed by atoms with Crippen LogP contribution in [0.25, 0.3) is 0 Å². The van der Waals surface area contributed by atoms with E-state index in [2.05, 4.69) is 31.9 Å². The third-order valence-electron chi connectivity index (χ3n) is 7.22. The first kappa shape index (κ1) is 25.0. The second-order valence-electron chi connectivity index (χ2n) is 9.09. The Bertz CT molecular complexity index is 1260. The highest BCUT2D eigenvalue weighted by Gasteiger charge is 2.67. The van der Waals surface area contributed by atoms with Gasteiger partial charge in [-0.1, -0.05) is 43.5 Å². The van der Waals surface area contributed by atoms with Gasteiger partial charge >= 0.3 is 0 Å². The normalized spacial score (nSPS) is 28.4. The molecule has 0 unspecified atom stereocenters. The van der Waals surface area contributed by atoms with E-state index in [1.165, 1.54) is 48.5 Å². The van der Waals surface area contributed by atoms with Crippen molar-refractivity contribution in [2.75, 3.05) is 6.54 Å². The molecular weight excluding hydrogens is 622 g/mol. The maximum Gasteiger partial charge on any atom is 0.273 e. The molecule has 2 aromatic carbocycles. The zero-order valence-electron chi connectivity index (χ0n) is 18.4. The van der Waals surface area contributed by atoms with Crippen LogP contribution in [0.2, 0.25) is 5.02 Å². The van der Waals surface area contributed by atoms with Crippen LogP contribution in [0.15, 0.2) is 48.5 Å². The van der Waals surface area contributed by atoms with Crippen LogP contribution >= 0.6 is 43.5 Å². The van der Waals surface area contributed by atoms with E-state index in [-0.39, 0.29) is 38.3 Å². The molecule has 0 radical (unpaired) electrons. The zero-order chi connectivity index (χ0) is 25.9. The summed E-state index contributed by atoms with van der Waals surface area (Å²) < 4.78 is 0. The van der Waals surface area contributed by atoms with Crippen LogP contribution in [-0.4, -0.2) is 54.6 Å². The molecule has 2 saturated carbocycles. The highest BCUT2D eigenvalue weighted by molar-refractivity contribution is 9.12. The number of nitro groups is 1. The summed E-state index contributed by atoms with van der Waals surface area (Å²) in [4.78, 5) is 64.2. The van der Waals surface area contributed by atoms with Gasteiger partial charge in [0, 0.05) is 37.9 Å². The van der Waals surface area contributed by atoms with Gasteiger partial charge in [-0.05, 0) is 54.7 Å². The van der Waals surface area contributed by atoms with Gasteiger partial charge in [-0.25, -0.2) is 5.01 Å². The first-order valence-electron chi connectivity index (χ1n) is 11.1. The van der Waals surface area contributed by atoms with Crippen molar-refractivity contribution in [3.63, 3.8) is 0 Å². The number of ketones is 1. The number of nitro benzene ring substituents is 1. The minimum absolute atomic E-state index is 0.0163. The van der Waals surface area contributed by atoms with Gasteiger partial charge < -0.3 is 0 Å². The lowest BCUT2D eigenvalue weighted by Crippen LogP contribution is -2.52. The lowest BCUT2D eigenvalue weighted by atomic mass is 9.81. The van der Waals surface area contributed by atoms with Crippen LogP contribution in [0.4, 0.5) is 5.69 Å². The van der Waals surface area contributed by atoms with Crippen LogP contribution in [-0.2, 0) is 9.59 Å². The first-order valence-corrected chi connectivity index (χ1v) is 13.3. The standard InChI is InChI=1S/C24H18Br2ClN3O6/c25-20-15-9-16(21(20)26)19-18(15)23(33)29(24(19)34)28(22(32)12-1-5-13(27)6-2-12)10-17(31)11-3-7-14(8-4-11)30(35)36/h1-8,15-16,18-21H,9-10H2/t15-,16-,18-,19-,20-,21+/m1/s1. The second-order valence-corrected chi connectivity index (χ2v) is 11.6. The lowest BCUT2D eigenvalue weighted by molar-refractivity contribution is -0.384. The Balaban J connectivity index is 1.49. The molecule has 5 rings (SSSR count). The summed E-state index contributed by atoms with van der Waals surface area (Å²) in [6.07, 6.45) is 0.722. The summed E-state index contributed by atoms with van der Waals surface area (Å²) in [6.45, 7) is -0.596. The Hall–Kier alpha value is -2.63. The number of amides is 3. The molecule has 9 nitrogen and oxygen atoms in total. The molecule has 6 atom stereocenters. The molecule has 2 aromatic rings. The summed E-state index contributed by atoms with van der Waals surface area (Å²) in [5.41, 5.74) is 0.0608. The van der Waals surface area contributed by atoms with Crippen LogP contribution < -0.4 is 0 Å². The molecule has 1 aliphatic heterocycles. The molecule has 12 heteroatoms. The largest absolute Gasteiger partial charge is 0.292 e. The van der Waals surface area contributed by atoms with Crippen molar-refractivity contribution in [1.82, 2.24) is 10.0 Å². The van der Waals surface area contributed by atoms with Crippen molar-refractivity contribution in [1.29, 1.82) is 0 Å². The number of Topliss-reactive ketones (excluding diaryl/α,β-unsaturated/α-hetero) is 1. The van der Waals surface area contributed by atoms with Crippen molar-refractivity contribution < 1.29 is 24.1 Å². The minimum atomic E-state index is -0.707. The van der Waals surface area contributed by atoms with Crippen LogP contribution in [0.5, 0.6) is 0 Å². The fraction of sp³-hybridized carbons (Fsp3) is 0.333. The molecule has 1 heterocycles. The number of halogens is 3. The maximum atomic E-state index is 13.6. The van der Waals surface area contributed by atoms with E-state index in [0.29, 0.717) is 5.02 Å². The van der Waals surface area contributed by atoms with Crippen molar-refractivity contribution in [3.05, 3.63) is 74.8 Å². The number of carbonyl (C=O) groups excluding carboxylic acids is 4. The molecule has 3 amide bonds. The Morgan fingerprint density at radius 2 is 1.44 bits per heavy atom. The number of fused-ring (bicyclic) bond motifs is 5. The van der Waals surface area contributed by atoms with Gasteiger partial charge in [0.25, 0.3) is 23.4 Å². The second kappa shape index (κ2) is 9.35. The molecule has 2 aliphatic carbocycles. The van der Waals surface area contributed by atoms with E-state index in [1.54, 1.807) is 0 Å². The molecule has 0 spiro atoms. The number of rotatable bonds is 6. The molecule has 0 N–H and O–H groups in total. The van der Waals surface area contributed by atoms with E-state index < -0.39 is 46.8 Å². The first-order chi connectivity index (χ1) is 17.1. The monoisotopic (exact) mass is 637 g/mol. The third-order valence-corrected chi connectivity index (χ3v) is 10.7. The zero-order valence-corrected chi connectivity index (χ0v) is 22.4. The van der Waals surface area contributed by atoms with Gasteiger partial charge in [-0.2, -0.15) is 5.01 Å². The highest BCUT2D eigenvalue weighted by Crippen LogP contribution is 2.60. The Morgan fingerprint density at radius 1 is 0.944 bits per heavy atom. The molecule has 1 saturated heterocycles. The fourth-order valence-electron chi connectivity index (χ4n) is 5.54. The smallest absolute Gasteiger partial charge is 0.273 e. The summed E-state index contributed by atoms with van der Waals surface area (Å²) in [5, 5.41) is 13.1. The minimum Gasteiger partial charge on any atom is -0.292 e. The number of hydrogen-bond acceptors (Lipinski definition) is 6. The predicted molar refractivity (Wildman–Crippen MR) is 136 cm³/mol. The number of benzene rings is 2. The fourth-order valence-corrected chi connectivity index (χ4v) is 7.54. The highest BCUT2D eigenvalue weighted by atomic mass is 79.9. The van der Waals surface area contributed by atoms with Crippen molar-refractivity contribution in [3.8, 4) is 0 Å². The number of imide groups is 1. The Kier molecular flexibility index (Phi) is 6.50. The van der Waals surface area contributed by atoms with E-state index >= 15 is 0 Å². The molecule has 3 aliphatic rings. The lowest BCUT2D eigenvalue weighted by Gasteiger charge is -2.30. The van der Waals surface area contributed by atoms with Gasteiger partial charge in [0.05, 0.1) is 16.8 Å². The van der Waals surface area contributed by atoms with Gasteiger partial charge in [0.15, 0.2) is 5.78 Å². The molecule has 186 valence electrons. The molecule has 0 aromatic heterocycles. The topological polar surface area (TPSA) is 118 Å². The van der Waals surface area contributed by atoms with E-state index in [0.717, 1.165) is 16.4 Å². The number of carbonyl (C=O) groups is 4. The van der Waals surface area contributed by atoms with E-state index in [4.69, 9.17) is 11.6 Å². The van der Waals surface area contributed by atoms with Crippen LogP contribution in [0.3, 0.4) is 0 Å². The number of nitrogens with zero attached hydrogens (tertiary/aromatic N) is 3. The van der Waals surface area contributed by atoms with Crippen molar-refractivity contribution in [2.24, 2.45) is 23.7 Å². The van der Waals surface area contributed by atoms with Gasteiger partial charge in [-0.15, -0.1) is 0 Å². The van der Waals surface area contributed by atoms with Crippen molar-refractivity contribution >= 4 is 72.7 Å². The van der Waals surface area contributed by atoms with Gasteiger partial charge in [0.1, 0.15) is 6.54 Å². The Labute approximate surface area is 227 Å². The van der Waals surface area contributed by atoms with Gasteiger partial charge in [-0.3, -0.25) is 29.3 Å². The Morgan fingerprint density at radius 3 is 1.94 bits per heavy atom. The quantitative estimate of drug-likeness (QED) is 0.153. The average molecular weight is 640 g/mol. The average Bonchev–Trinajstić information content (AvgIpc) is 3.47. The van der Waals surface area contributed by atoms with E-state index in [1.807, 2.05) is 0 Å². The molecule has 3 fully saturated rings.